The molecule has 1 amide bonds. The van der Waals surface area contributed by atoms with Crippen LogP contribution < -0.4 is 10.1 Å². The SMILES string of the molecule is O=C(CCC1CCNCC1)N1CCC(Oc2ccc([N+](=O)[O-])cc2)CC1. The average molecular weight is 361 g/mol. The van der Waals surface area contributed by atoms with Crippen LogP contribution in [0.1, 0.15) is 38.5 Å². The van der Waals surface area contributed by atoms with Crippen molar-refractivity contribution >= 4 is 11.6 Å². The Bertz CT molecular complexity index is 606. The molecule has 26 heavy (non-hydrogen) atoms. The van der Waals surface area contributed by atoms with Crippen LogP contribution >= 0.6 is 0 Å². The summed E-state index contributed by atoms with van der Waals surface area (Å²) in [7, 11) is 0. The fraction of sp³-hybridized carbons (Fsp3) is 0.632. The van der Waals surface area contributed by atoms with Gasteiger partial charge in [0.15, 0.2) is 0 Å². The first-order chi connectivity index (χ1) is 12.6. The maximum Gasteiger partial charge on any atom is 0.269 e. The van der Waals surface area contributed by atoms with Gasteiger partial charge in [-0.1, -0.05) is 0 Å². The third-order valence-electron chi connectivity index (χ3n) is 5.37. The van der Waals surface area contributed by atoms with E-state index in [2.05, 4.69) is 5.32 Å². The summed E-state index contributed by atoms with van der Waals surface area (Å²) in [4.78, 5) is 24.6. The van der Waals surface area contributed by atoms with E-state index in [0.29, 0.717) is 18.1 Å². The van der Waals surface area contributed by atoms with Crippen molar-refractivity contribution in [2.45, 2.75) is 44.6 Å². The molecule has 2 heterocycles. The molecular weight excluding hydrogens is 334 g/mol. The number of nitro benzene ring substituents is 1. The number of hydrogen-bond acceptors (Lipinski definition) is 5. The summed E-state index contributed by atoms with van der Waals surface area (Å²) in [6, 6.07) is 6.17. The summed E-state index contributed by atoms with van der Waals surface area (Å²) in [6.45, 7) is 3.60. The van der Waals surface area contributed by atoms with Crippen molar-refractivity contribution in [3.05, 3.63) is 34.4 Å². The highest BCUT2D eigenvalue weighted by Crippen LogP contribution is 2.23. The van der Waals surface area contributed by atoms with Crippen molar-refractivity contribution < 1.29 is 14.5 Å². The van der Waals surface area contributed by atoms with Gasteiger partial charge in [-0.05, 0) is 50.4 Å². The van der Waals surface area contributed by atoms with E-state index in [1.807, 2.05) is 4.90 Å². The Hall–Kier alpha value is -2.15. The number of nitrogens with one attached hydrogen (secondary N) is 1. The summed E-state index contributed by atoms with van der Waals surface area (Å²) in [5.74, 6) is 1.59. The zero-order valence-corrected chi connectivity index (χ0v) is 15.1. The number of carbonyl (C=O) groups is 1. The number of nitrogens with zero attached hydrogens (tertiary/aromatic N) is 2. The number of benzene rings is 1. The molecule has 1 N–H and O–H groups in total. The highest BCUT2D eigenvalue weighted by Gasteiger charge is 2.24. The zero-order chi connectivity index (χ0) is 18.4. The monoisotopic (exact) mass is 361 g/mol. The molecule has 7 nitrogen and oxygen atoms in total. The van der Waals surface area contributed by atoms with Crippen molar-refractivity contribution in [1.82, 2.24) is 10.2 Å². The van der Waals surface area contributed by atoms with Crippen LogP contribution in [0.2, 0.25) is 0 Å². The number of non-ortho nitro benzene ring substituents is 1. The van der Waals surface area contributed by atoms with Gasteiger partial charge in [0.1, 0.15) is 11.9 Å². The topological polar surface area (TPSA) is 84.7 Å². The quantitative estimate of drug-likeness (QED) is 0.622. The molecule has 2 aliphatic rings. The van der Waals surface area contributed by atoms with E-state index in [4.69, 9.17) is 4.74 Å². The summed E-state index contributed by atoms with van der Waals surface area (Å²) < 4.78 is 5.91. The van der Waals surface area contributed by atoms with Gasteiger partial charge in [-0.15, -0.1) is 0 Å². The van der Waals surface area contributed by atoms with Crippen molar-refractivity contribution in [2.24, 2.45) is 5.92 Å². The molecule has 142 valence electrons. The lowest BCUT2D eigenvalue weighted by atomic mass is 9.93. The molecule has 1 aromatic carbocycles. The standard InChI is InChI=1S/C19H27N3O4/c23-19(6-1-15-7-11-20-12-8-15)21-13-9-18(10-14-21)26-17-4-2-16(3-5-17)22(24)25/h2-5,15,18,20H,1,6-14H2. The van der Waals surface area contributed by atoms with E-state index in [9.17, 15) is 14.9 Å². The minimum absolute atomic E-state index is 0.0601. The largest absolute Gasteiger partial charge is 0.490 e. The van der Waals surface area contributed by atoms with Gasteiger partial charge in [0.25, 0.3) is 5.69 Å². The second kappa shape index (κ2) is 8.98. The third kappa shape index (κ3) is 5.17. The van der Waals surface area contributed by atoms with E-state index in [1.165, 1.54) is 25.0 Å². The van der Waals surface area contributed by atoms with Crippen LogP contribution in [0, 0.1) is 16.0 Å². The smallest absolute Gasteiger partial charge is 0.269 e. The van der Waals surface area contributed by atoms with Gasteiger partial charge in [0.2, 0.25) is 5.91 Å². The lowest BCUT2D eigenvalue weighted by Gasteiger charge is -2.32. The van der Waals surface area contributed by atoms with E-state index < -0.39 is 4.92 Å². The van der Waals surface area contributed by atoms with Gasteiger partial charge in [0.05, 0.1) is 4.92 Å². The maximum atomic E-state index is 12.4. The molecule has 2 aliphatic heterocycles. The minimum atomic E-state index is -0.419. The number of carbonyl (C=O) groups excluding carboxylic acids is 1. The second-order valence-electron chi connectivity index (χ2n) is 7.18. The average Bonchev–Trinajstić information content (AvgIpc) is 2.68. The molecule has 0 bridgehead atoms. The first-order valence-electron chi connectivity index (χ1n) is 9.51. The van der Waals surface area contributed by atoms with Crippen LogP contribution in [0.15, 0.2) is 24.3 Å². The maximum absolute atomic E-state index is 12.4. The highest BCUT2D eigenvalue weighted by atomic mass is 16.6. The predicted molar refractivity (Wildman–Crippen MR) is 98.2 cm³/mol. The van der Waals surface area contributed by atoms with Crippen LogP contribution in [0.4, 0.5) is 5.69 Å². The zero-order valence-electron chi connectivity index (χ0n) is 15.1. The van der Waals surface area contributed by atoms with Gasteiger partial charge in [-0.2, -0.15) is 0 Å². The molecule has 0 atom stereocenters. The van der Waals surface area contributed by atoms with Gasteiger partial charge in [-0.3, -0.25) is 14.9 Å². The summed E-state index contributed by atoms with van der Waals surface area (Å²) in [6.07, 6.45) is 5.67. The molecule has 7 heteroatoms. The van der Waals surface area contributed by atoms with Crippen LogP contribution in [0.5, 0.6) is 5.75 Å². The molecular formula is C19H27N3O4. The van der Waals surface area contributed by atoms with Gasteiger partial charge in [0, 0.05) is 44.5 Å². The number of rotatable bonds is 6. The molecule has 3 rings (SSSR count). The lowest BCUT2D eigenvalue weighted by Crippen LogP contribution is -2.42. The summed E-state index contributed by atoms with van der Waals surface area (Å²) in [5.41, 5.74) is 0.0616. The lowest BCUT2D eigenvalue weighted by molar-refractivity contribution is -0.384. The number of piperidine rings is 2. The minimum Gasteiger partial charge on any atom is -0.490 e. The van der Waals surface area contributed by atoms with E-state index >= 15 is 0 Å². The van der Waals surface area contributed by atoms with Crippen LogP contribution in [-0.4, -0.2) is 48.0 Å². The Morgan fingerprint density at radius 2 is 1.81 bits per heavy atom. The van der Waals surface area contributed by atoms with Gasteiger partial charge >= 0.3 is 0 Å². The molecule has 0 aromatic heterocycles. The molecule has 0 radical (unpaired) electrons. The van der Waals surface area contributed by atoms with Crippen LogP contribution in [0.3, 0.4) is 0 Å². The van der Waals surface area contributed by atoms with E-state index in [1.54, 1.807) is 12.1 Å². The Labute approximate surface area is 153 Å². The Kier molecular flexibility index (Phi) is 6.44. The van der Waals surface area contributed by atoms with Crippen LogP contribution in [0.25, 0.3) is 0 Å². The van der Waals surface area contributed by atoms with Gasteiger partial charge in [-0.25, -0.2) is 0 Å². The third-order valence-corrected chi connectivity index (χ3v) is 5.37. The molecule has 1 aromatic rings. The van der Waals surface area contributed by atoms with Crippen molar-refractivity contribution in [1.29, 1.82) is 0 Å². The molecule has 0 unspecified atom stereocenters. The van der Waals surface area contributed by atoms with Gasteiger partial charge < -0.3 is 15.0 Å². The second-order valence-corrected chi connectivity index (χ2v) is 7.18. The highest BCUT2D eigenvalue weighted by molar-refractivity contribution is 5.76. The number of hydrogen-bond donors (Lipinski definition) is 1. The number of nitro groups is 1. The van der Waals surface area contributed by atoms with Crippen molar-refractivity contribution in [3.8, 4) is 5.75 Å². The number of likely N-dealkylation sites (tertiary alicyclic amines) is 1. The summed E-state index contributed by atoms with van der Waals surface area (Å²) in [5, 5.41) is 14.0. The van der Waals surface area contributed by atoms with E-state index in [-0.39, 0.29) is 17.7 Å². The van der Waals surface area contributed by atoms with E-state index in [0.717, 1.165) is 45.4 Å². The van der Waals surface area contributed by atoms with Crippen molar-refractivity contribution in [2.75, 3.05) is 26.2 Å². The molecule has 2 saturated heterocycles. The molecule has 0 saturated carbocycles. The van der Waals surface area contributed by atoms with Crippen LogP contribution in [-0.2, 0) is 4.79 Å². The Morgan fingerprint density at radius 1 is 1.15 bits per heavy atom. The fourth-order valence-electron chi connectivity index (χ4n) is 3.72. The Morgan fingerprint density at radius 3 is 2.42 bits per heavy atom. The Balaban J connectivity index is 1.39. The fourth-order valence-corrected chi connectivity index (χ4v) is 3.72. The van der Waals surface area contributed by atoms with Crippen molar-refractivity contribution in [3.63, 3.8) is 0 Å². The molecule has 2 fully saturated rings. The normalized spacial score (nSPS) is 19.3. The summed E-state index contributed by atoms with van der Waals surface area (Å²) >= 11 is 0. The predicted octanol–water partition coefficient (Wildman–Crippen LogP) is 2.74. The molecule has 0 spiro atoms. The first-order valence-corrected chi connectivity index (χ1v) is 9.51. The number of ether oxygens (including phenoxy) is 1. The first kappa shape index (κ1) is 18.6. The molecule has 0 aliphatic carbocycles. The number of amides is 1.